The van der Waals surface area contributed by atoms with Crippen LogP contribution in [0.15, 0.2) is 6.33 Å². The molecule has 0 aromatic carbocycles. The summed E-state index contributed by atoms with van der Waals surface area (Å²) in [5.41, 5.74) is 0. The topological polar surface area (TPSA) is 76.4 Å². The lowest BCUT2D eigenvalue weighted by atomic mass is 9.99. The predicted octanol–water partition coefficient (Wildman–Crippen LogP) is -0.758. The second kappa shape index (κ2) is 6.48. The van der Waals surface area contributed by atoms with Crippen molar-refractivity contribution in [2.75, 3.05) is 39.4 Å². The van der Waals surface area contributed by atoms with Crippen LogP contribution in [-0.4, -0.2) is 81.3 Å². The molecular formula is C13H22N6O2. The van der Waals surface area contributed by atoms with Gasteiger partial charge in [0.1, 0.15) is 12.9 Å². The van der Waals surface area contributed by atoms with E-state index in [1.807, 2.05) is 4.90 Å². The number of rotatable bonds is 4. The number of aromatic nitrogens is 4. The van der Waals surface area contributed by atoms with Crippen molar-refractivity contribution in [2.45, 2.75) is 25.9 Å². The summed E-state index contributed by atoms with van der Waals surface area (Å²) in [6, 6.07) is 0.455. The van der Waals surface area contributed by atoms with Gasteiger partial charge in [-0.05, 0) is 16.3 Å². The maximum Gasteiger partial charge on any atom is 0.244 e. The van der Waals surface area contributed by atoms with E-state index in [4.69, 9.17) is 4.74 Å². The second-order valence-electron chi connectivity index (χ2n) is 5.69. The van der Waals surface area contributed by atoms with Crippen LogP contribution in [0.25, 0.3) is 0 Å². The third-order valence-corrected chi connectivity index (χ3v) is 4.49. The van der Waals surface area contributed by atoms with Gasteiger partial charge in [-0.2, -0.15) is 0 Å². The van der Waals surface area contributed by atoms with Gasteiger partial charge in [-0.1, -0.05) is 13.3 Å². The highest BCUT2D eigenvalue weighted by atomic mass is 16.5. The SMILES string of the molecule is CCC1CN(C(=O)Cn2cnnn2)CC1N1CCOCC1. The fourth-order valence-electron chi connectivity index (χ4n) is 3.27. The monoisotopic (exact) mass is 294 g/mol. The predicted molar refractivity (Wildman–Crippen MR) is 74.4 cm³/mol. The van der Waals surface area contributed by atoms with Crippen molar-refractivity contribution in [2.24, 2.45) is 5.92 Å². The Morgan fingerprint density at radius 3 is 2.81 bits per heavy atom. The van der Waals surface area contributed by atoms with Gasteiger partial charge >= 0.3 is 0 Å². The molecule has 0 bridgehead atoms. The molecule has 3 heterocycles. The van der Waals surface area contributed by atoms with Gasteiger partial charge in [0, 0.05) is 32.2 Å². The lowest BCUT2D eigenvalue weighted by molar-refractivity contribution is -0.131. The summed E-state index contributed by atoms with van der Waals surface area (Å²) < 4.78 is 6.90. The van der Waals surface area contributed by atoms with E-state index in [0.717, 1.165) is 45.8 Å². The molecule has 0 aliphatic carbocycles. The fourth-order valence-corrected chi connectivity index (χ4v) is 3.27. The number of tetrazole rings is 1. The maximum absolute atomic E-state index is 12.4. The molecule has 0 N–H and O–H groups in total. The van der Waals surface area contributed by atoms with E-state index in [2.05, 4.69) is 27.3 Å². The first-order valence-electron chi connectivity index (χ1n) is 7.58. The number of ether oxygens (including phenoxy) is 1. The van der Waals surface area contributed by atoms with Crippen molar-refractivity contribution in [1.29, 1.82) is 0 Å². The minimum atomic E-state index is 0.0940. The normalized spacial score (nSPS) is 27.2. The summed E-state index contributed by atoms with van der Waals surface area (Å²) in [7, 11) is 0. The summed E-state index contributed by atoms with van der Waals surface area (Å²) in [5.74, 6) is 0.637. The van der Waals surface area contributed by atoms with E-state index in [-0.39, 0.29) is 12.5 Å². The number of hydrogen-bond donors (Lipinski definition) is 0. The Morgan fingerprint density at radius 2 is 2.14 bits per heavy atom. The molecule has 0 saturated carbocycles. The van der Waals surface area contributed by atoms with Gasteiger partial charge in [0.2, 0.25) is 5.91 Å². The summed E-state index contributed by atoms with van der Waals surface area (Å²) in [6.45, 7) is 7.59. The van der Waals surface area contributed by atoms with Crippen LogP contribution in [0.3, 0.4) is 0 Å². The molecular weight excluding hydrogens is 272 g/mol. The molecule has 3 rings (SSSR count). The molecule has 2 aliphatic rings. The molecule has 1 aromatic heterocycles. The van der Waals surface area contributed by atoms with Crippen LogP contribution < -0.4 is 0 Å². The van der Waals surface area contributed by atoms with Crippen molar-refractivity contribution in [3.05, 3.63) is 6.33 Å². The van der Waals surface area contributed by atoms with E-state index in [0.29, 0.717) is 12.0 Å². The molecule has 1 amide bonds. The van der Waals surface area contributed by atoms with Crippen molar-refractivity contribution < 1.29 is 9.53 Å². The number of amides is 1. The summed E-state index contributed by atoms with van der Waals surface area (Å²) >= 11 is 0. The third-order valence-electron chi connectivity index (χ3n) is 4.49. The first-order valence-corrected chi connectivity index (χ1v) is 7.58. The van der Waals surface area contributed by atoms with Crippen LogP contribution in [0.2, 0.25) is 0 Å². The molecule has 2 fully saturated rings. The summed E-state index contributed by atoms with van der Waals surface area (Å²) in [4.78, 5) is 16.8. The number of morpholine rings is 1. The molecule has 0 radical (unpaired) electrons. The number of nitrogens with zero attached hydrogens (tertiary/aromatic N) is 6. The average molecular weight is 294 g/mol. The lowest BCUT2D eigenvalue weighted by Gasteiger charge is -2.34. The van der Waals surface area contributed by atoms with E-state index in [1.165, 1.54) is 11.0 Å². The maximum atomic E-state index is 12.4. The first-order chi connectivity index (χ1) is 10.3. The zero-order chi connectivity index (χ0) is 14.7. The summed E-state index contributed by atoms with van der Waals surface area (Å²) in [5, 5.41) is 10.9. The van der Waals surface area contributed by atoms with Crippen LogP contribution in [0, 0.1) is 5.92 Å². The van der Waals surface area contributed by atoms with Gasteiger partial charge in [0.05, 0.1) is 13.2 Å². The Kier molecular flexibility index (Phi) is 4.45. The smallest absolute Gasteiger partial charge is 0.244 e. The zero-order valence-electron chi connectivity index (χ0n) is 12.4. The highest BCUT2D eigenvalue weighted by molar-refractivity contribution is 5.76. The molecule has 2 saturated heterocycles. The van der Waals surface area contributed by atoms with Gasteiger partial charge in [0.15, 0.2) is 0 Å². The molecule has 2 aliphatic heterocycles. The molecule has 0 spiro atoms. The molecule has 2 atom stereocenters. The van der Waals surface area contributed by atoms with Gasteiger partial charge < -0.3 is 9.64 Å². The van der Waals surface area contributed by atoms with E-state index in [1.54, 1.807) is 0 Å². The van der Waals surface area contributed by atoms with E-state index < -0.39 is 0 Å². The van der Waals surface area contributed by atoms with Crippen LogP contribution in [-0.2, 0) is 16.1 Å². The first kappa shape index (κ1) is 14.4. The number of carbonyl (C=O) groups excluding carboxylic acids is 1. The van der Waals surface area contributed by atoms with Crippen LogP contribution in [0.4, 0.5) is 0 Å². The summed E-state index contributed by atoms with van der Waals surface area (Å²) in [6.07, 6.45) is 2.57. The third kappa shape index (κ3) is 3.21. The number of carbonyl (C=O) groups is 1. The minimum Gasteiger partial charge on any atom is -0.379 e. The highest BCUT2D eigenvalue weighted by Crippen LogP contribution is 2.25. The molecule has 1 aromatic rings. The van der Waals surface area contributed by atoms with Crippen LogP contribution in [0.1, 0.15) is 13.3 Å². The number of likely N-dealkylation sites (tertiary alicyclic amines) is 1. The van der Waals surface area contributed by atoms with Crippen molar-refractivity contribution in [3.8, 4) is 0 Å². The average Bonchev–Trinajstić information content (AvgIpc) is 3.17. The zero-order valence-corrected chi connectivity index (χ0v) is 12.4. The van der Waals surface area contributed by atoms with E-state index >= 15 is 0 Å². The molecule has 21 heavy (non-hydrogen) atoms. The Hall–Kier alpha value is -1.54. The van der Waals surface area contributed by atoms with Gasteiger partial charge in [0.25, 0.3) is 0 Å². The van der Waals surface area contributed by atoms with Crippen molar-refractivity contribution in [3.63, 3.8) is 0 Å². The molecule has 116 valence electrons. The van der Waals surface area contributed by atoms with Crippen molar-refractivity contribution in [1.82, 2.24) is 30.0 Å². The standard InChI is InChI=1S/C13H22N6O2/c1-2-11-7-18(13(20)9-19-10-14-15-16-19)8-12(11)17-3-5-21-6-4-17/h10-12H,2-9H2,1H3. The van der Waals surface area contributed by atoms with Crippen LogP contribution >= 0.6 is 0 Å². The molecule has 8 heteroatoms. The quantitative estimate of drug-likeness (QED) is 0.727. The highest BCUT2D eigenvalue weighted by Gasteiger charge is 2.37. The Balaban J connectivity index is 1.61. The van der Waals surface area contributed by atoms with Crippen LogP contribution in [0.5, 0.6) is 0 Å². The lowest BCUT2D eigenvalue weighted by Crippen LogP contribution is -2.47. The second-order valence-corrected chi connectivity index (χ2v) is 5.69. The van der Waals surface area contributed by atoms with Crippen molar-refractivity contribution >= 4 is 5.91 Å². The van der Waals surface area contributed by atoms with Gasteiger partial charge in [-0.15, -0.1) is 5.10 Å². The molecule has 2 unspecified atom stereocenters. The van der Waals surface area contributed by atoms with E-state index in [9.17, 15) is 4.79 Å². The van der Waals surface area contributed by atoms with Gasteiger partial charge in [-0.3, -0.25) is 9.69 Å². The fraction of sp³-hybridized carbons (Fsp3) is 0.846. The Morgan fingerprint density at radius 1 is 1.33 bits per heavy atom. The number of hydrogen-bond acceptors (Lipinski definition) is 6. The Bertz CT molecular complexity index is 459. The minimum absolute atomic E-state index is 0.0940. The van der Waals surface area contributed by atoms with Gasteiger partial charge in [-0.25, -0.2) is 4.68 Å². The Labute approximate surface area is 124 Å². The largest absolute Gasteiger partial charge is 0.379 e. The molecule has 8 nitrogen and oxygen atoms in total.